The van der Waals surface area contributed by atoms with Crippen LogP contribution < -0.4 is 5.32 Å². The van der Waals surface area contributed by atoms with Crippen molar-refractivity contribution in [3.63, 3.8) is 0 Å². The lowest BCUT2D eigenvalue weighted by molar-refractivity contribution is 0.299. The Hall–Kier alpha value is -1.30. The van der Waals surface area contributed by atoms with E-state index in [1.54, 1.807) is 0 Å². The average Bonchev–Trinajstić information content (AvgIpc) is 3.23. The molecule has 19 heavy (non-hydrogen) atoms. The fourth-order valence-corrected chi connectivity index (χ4v) is 2.23. The van der Waals surface area contributed by atoms with Crippen LogP contribution >= 0.6 is 0 Å². The van der Waals surface area contributed by atoms with Crippen LogP contribution in [-0.2, 0) is 13.1 Å². The molecular formula is C17H24N2. The Labute approximate surface area is 117 Å². The first-order valence-electron chi connectivity index (χ1n) is 7.29. The van der Waals surface area contributed by atoms with E-state index >= 15 is 0 Å². The third-order valence-corrected chi connectivity index (χ3v) is 3.46. The van der Waals surface area contributed by atoms with Crippen molar-refractivity contribution in [2.45, 2.75) is 45.3 Å². The van der Waals surface area contributed by atoms with Crippen molar-refractivity contribution >= 4 is 0 Å². The average molecular weight is 256 g/mol. The fourth-order valence-electron chi connectivity index (χ4n) is 2.23. The standard InChI is InChI=1S/C17H24N2/c1-3-11-19(12-4-2)14-16-7-5-15(6-8-16)13-18-17-9-10-17/h1,5-8,17-18H,4,9-14H2,2H3. The van der Waals surface area contributed by atoms with Gasteiger partial charge >= 0.3 is 0 Å². The van der Waals surface area contributed by atoms with Gasteiger partial charge in [0.2, 0.25) is 0 Å². The summed E-state index contributed by atoms with van der Waals surface area (Å²) in [6.07, 6.45) is 9.24. The molecule has 102 valence electrons. The monoisotopic (exact) mass is 256 g/mol. The van der Waals surface area contributed by atoms with Crippen LogP contribution in [0.1, 0.15) is 37.3 Å². The summed E-state index contributed by atoms with van der Waals surface area (Å²) in [7, 11) is 0. The van der Waals surface area contributed by atoms with Crippen LogP contribution in [0.2, 0.25) is 0 Å². The molecule has 2 nitrogen and oxygen atoms in total. The molecule has 0 bridgehead atoms. The second-order valence-electron chi connectivity index (χ2n) is 5.39. The van der Waals surface area contributed by atoms with Gasteiger partial charge in [0.15, 0.2) is 0 Å². The number of hydrogen-bond donors (Lipinski definition) is 1. The summed E-state index contributed by atoms with van der Waals surface area (Å²) in [6, 6.07) is 9.68. The van der Waals surface area contributed by atoms with Crippen molar-refractivity contribution in [2.24, 2.45) is 0 Å². The van der Waals surface area contributed by atoms with Crippen molar-refractivity contribution in [1.82, 2.24) is 10.2 Å². The highest BCUT2D eigenvalue weighted by Gasteiger charge is 2.19. The molecule has 2 heteroatoms. The van der Waals surface area contributed by atoms with Gasteiger partial charge in [-0.2, -0.15) is 0 Å². The molecule has 0 saturated heterocycles. The number of benzene rings is 1. The summed E-state index contributed by atoms with van der Waals surface area (Å²) >= 11 is 0. The third kappa shape index (κ3) is 5.06. The Morgan fingerprint density at radius 1 is 1.26 bits per heavy atom. The second-order valence-corrected chi connectivity index (χ2v) is 5.39. The van der Waals surface area contributed by atoms with Crippen LogP contribution in [-0.4, -0.2) is 24.0 Å². The lowest BCUT2D eigenvalue weighted by Gasteiger charge is -2.19. The fraction of sp³-hybridized carbons (Fsp3) is 0.529. The van der Waals surface area contributed by atoms with Gasteiger partial charge in [-0.3, -0.25) is 4.90 Å². The topological polar surface area (TPSA) is 15.3 Å². The normalized spacial score (nSPS) is 14.6. The zero-order valence-electron chi connectivity index (χ0n) is 11.9. The minimum Gasteiger partial charge on any atom is -0.310 e. The Kier molecular flexibility index (Phi) is 5.44. The summed E-state index contributed by atoms with van der Waals surface area (Å²) in [5.41, 5.74) is 2.72. The van der Waals surface area contributed by atoms with Gasteiger partial charge in [-0.05, 0) is 36.9 Å². The lowest BCUT2D eigenvalue weighted by Crippen LogP contribution is -2.24. The van der Waals surface area contributed by atoms with Gasteiger partial charge in [0.25, 0.3) is 0 Å². The van der Waals surface area contributed by atoms with Crippen molar-refractivity contribution < 1.29 is 0 Å². The van der Waals surface area contributed by atoms with Crippen molar-refractivity contribution in [3.8, 4) is 12.3 Å². The molecule has 2 rings (SSSR count). The Morgan fingerprint density at radius 2 is 1.95 bits per heavy atom. The van der Waals surface area contributed by atoms with E-state index in [0.29, 0.717) is 0 Å². The zero-order chi connectivity index (χ0) is 13.5. The smallest absolute Gasteiger partial charge is 0.0601 e. The Balaban J connectivity index is 1.83. The lowest BCUT2D eigenvalue weighted by atomic mass is 10.1. The highest BCUT2D eigenvalue weighted by molar-refractivity contribution is 5.22. The predicted molar refractivity (Wildman–Crippen MR) is 80.7 cm³/mol. The first kappa shape index (κ1) is 14.1. The molecule has 0 atom stereocenters. The molecule has 0 aromatic heterocycles. The minimum atomic E-state index is 0.735. The molecule has 1 aromatic rings. The first-order chi connectivity index (χ1) is 9.31. The molecule has 0 heterocycles. The van der Waals surface area contributed by atoms with Crippen LogP contribution in [0, 0.1) is 12.3 Å². The Bertz CT molecular complexity index is 412. The molecule has 1 fully saturated rings. The molecule has 0 radical (unpaired) electrons. The third-order valence-electron chi connectivity index (χ3n) is 3.46. The minimum absolute atomic E-state index is 0.735. The van der Waals surface area contributed by atoms with E-state index in [-0.39, 0.29) is 0 Å². The van der Waals surface area contributed by atoms with E-state index in [4.69, 9.17) is 6.42 Å². The van der Waals surface area contributed by atoms with E-state index in [1.807, 2.05) is 0 Å². The Morgan fingerprint density at radius 3 is 2.53 bits per heavy atom. The highest BCUT2D eigenvalue weighted by atomic mass is 15.1. The second kappa shape index (κ2) is 7.33. The molecule has 1 saturated carbocycles. The largest absolute Gasteiger partial charge is 0.310 e. The van der Waals surface area contributed by atoms with Gasteiger partial charge in [0.05, 0.1) is 6.54 Å². The summed E-state index contributed by atoms with van der Waals surface area (Å²) in [4.78, 5) is 2.32. The highest BCUT2D eigenvalue weighted by Crippen LogP contribution is 2.19. The number of hydrogen-bond acceptors (Lipinski definition) is 2. The summed E-state index contributed by atoms with van der Waals surface area (Å²) in [5, 5.41) is 3.54. The van der Waals surface area contributed by atoms with E-state index in [0.717, 1.165) is 38.6 Å². The first-order valence-corrected chi connectivity index (χ1v) is 7.29. The molecule has 1 aliphatic rings. The van der Waals surface area contributed by atoms with Gasteiger partial charge in [0.1, 0.15) is 0 Å². The molecular weight excluding hydrogens is 232 g/mol. The van der Waals surface area contributed by atoms with Crippen LogP contribution in [0.4, 0.5) is 0 Å². The van der Waals surface area contributed by atoms with Crippen molar-refractivity contribution in [3.05, 3.63) is 35.4 Å². The maximum Gasteiger partial charge on any atom is 0.0601 e. The maximum atomic E-state index is 5.41. The molecule has 1 N–H and O–H groups in total. The van der Waals surface area contributed by atoms with Crippen LogP contribution in [0.25, 0.3) is 0 Å². The van der Waals surface area contributed by atoms with Crippen molar-refractivity contribution in [1.29, 1.82) is 0 Å². The number of nitrogens with one attached hydrogen (secondary N) is 1. The van der Waals surface area contributed by atoms with E-state index < -0.39 is 0 Å². The van der Waals surface area contributed by atoms with Crippen LogP contribution in [0.3, 0.4) is 0 Å². The maximum absolute atomic E-state index is 5.41. The van der Waals surface area contributed by atoms with Gasteiger partial charge in [-0.1, -0.05) is 37.1 Å². The zero-order valence-corrected chi connectivity index (χ0v) is 11.9. The van der Waals surface area contributed by atoms with Crippen LogP contribution in [0.5, 0.6) is 0 Å². The summed E-state index contributed by atoms with van der Waals surface area (Å²) in [6.45, 7) is 5.94. The van der Waals surface area contributed by atoms with E-state index in [1.165, 1.54) is 24.0 Å². The number of rotatable bonds is 8. The quantitative estimate of drug-likeness (QED) is 0.720. The number of nitrogens with zero attached hydrogens (tertiary/aromatic N) is 1. The SMILES string of the molecule is C#CCN(CCC)Cc1ccc(CNC2CC2)cc1. The van der Waals surface area contributed by atoms with Gasteiger partial charge in [-0.15, -0.1) is 6.42 Å². The summed E-state index contributed by atoms with van der Waals surface area (Å²) < 4.78 is 0. The molecule has 1 aromatic carbocycles. The van der Waals surface area contributed by atoms with Crippen LogP contribution in [0.15, 0.2) is 24.3 Å². The van der Waals surface area contributed by atoms with Gasteiger partial charge in [-0.25, -0.2) is 0 Å². The van der Waals surface area contributed by atoms with Crippen molar-refractivity contribution in [2.75, 3.05) is 13.1 Å². The summed E-state index contributed by atoms with van der Waals surface area (Å²) in [5.74, 6) is 2.74. The predicted octanol–water partition coefficient (Wildman–Crippen LogP) is 2.78. The van der Waals surface area contributed by atoms with E-state index in [2.05, 4.69) is 47.3 Å². The molecule has 0 unspecified atom stereocenters. The number of terminal acetylenes is 1. The van der Waals surface area contributed by atoms with Gasteiger partial charge < -0.3 is 5.32 Å². The molecule has 0 aliphatic heterocycles. The molecule has 0 amide bonds. The molecule has 1 aliphatic carbocycles. The van der Waals surface area contributed by atoms with E-state index in [9.17, 15) is 0 Å². The van der Waals surface area contributed by atoms with Gasteiger partial charge in [0, 0.05) is 19.1 Å². The molecule has 0 spiro atoms.